The van der Waals surface area contributed by atoms with Crippen LogP contribution in [0.3, 0.4) is 0 Å². The quantitative estimate of drug-likeness (QED) is 0.482. The van der Waals surface area contributed by atoms with Gasteiger partial charge in [-0.25, -0.2) is 0 Å². The summed E-state index contributed by atoms with van der Waals surface area (Å²) in [5.41, 5.74) is 0. The van der Waals surface area contributed by atoms with Crippen LogP contribution in [-0.2, 0) is 14.9 Å². The van der Waals surface area contributed by atoms with Gasteiger partial charge >= 0.3 is 97.3 Å². The summed E-state index contributed by atoms with van der Waals surface area (Å²) in [5.74, 6) is 1.39. The molecule has 0 aromatic carbocycles. The van der Waals surface area contributed by atoms with Crippen LogP contribution in [0.5, 0.6) is 0 Å². The Morgan fingerprint density at radius 2 is 1.79 bits per heavy atom. The molecule has 0 fully saturated rings. The molecule has 6 heteroatoms. The summed E-state index contributed by atoms with van der Waals surface area (Å²) in [6, 6.07) is 0. The van der Waals surface area contributed by atoms with E-state index >= 15 is 0 Å². The SMILES string of the molecule is CC(=O)NSS#P=S(C(C)C)C(C)C. The molecule has 1 N–H and O–H groups in total. The van der Waals surface area contributed by atoms with E-state index in [2.05, 4.69) is 32.4 Å². The zero-order valence-corrected chi connectivity index (χ0v) is 12.6. The number of nitrogens with one attached hydrogen (secondary N) is 1. The van der Waals surface area contributed by atoms with Gasteiger partial charge in [0.25, 0.3) is 0 Å². The second-order valence-electron chi connectivity index (χ2n) is 3.34. The summed E-state index contributed by atoms with van der Waals surface area (Å²) >= 11 is 0. The molecule has 0 aliphatic rings. The number of carbonyl (C=O) groups excluding carboxylic acids is 1. The van der Waals surface area contributed by atoms with Crippen LogP contribution >= 0.6 is 26.7 Å². The van der Waals surface area contributed by atoms with Crippen LogP contribution < -0.4 is 4.72 Å². The molecule has 84 valence electrons. The topological polar surface area (TPSA) is 29.1 Å². The number of hydrogen-bond acceptors (Lipinski definition) is 2. The Hall–Kier alpha value is 0.820. The van der Waals surface area contributed by atoms with Crippen LogP contribution in [-0.4, -0.2) is 16.4 Å². The number of amides is 1. The van der Waals surface area contributed by atoms with Gasteiger partial charge in [0, 0.05) is 0 Å². The normalized spacial score (nSPS) is 10.9. The first-order valence-corrected chi connectivity index (χ1v) is 10.1. The molecule has 0 atom stereocenters. The van der Waals surface area contributed by atoms with Crippen molar-refractivity contribution in [3.8, 4) is 0 Å². The fourth-order valence-electron chi connectivity index (χ4n) is 0.844. The molecule has 1 amide bonds. The Bertz CT molecular complexity index is 298. The van der Waals surface area contributed by atoms with Gasteiger partial charge in [0.05, 0.1) is 0 Å². The molecule has 0 radical (unpaired) electrons. The summed E-state index contributed by atoms with van der Waals surface area (Å²) in [7, 11) is 3.57. The molecule has 0 rings (SSSR count). The van der Waals surface area contributed by atoms with Gasteiger partial charge in [-0.2, -0.15) is 0 Å². The van der Waals surface area contributed by atoms with Gasteiger partial charge in [-0.05, 0) is 0 Å². The van der Waals surface area contributed by atoms with Crippen molar-refractivity contribution in [1.29, 1.82) is 0 Å². The monoisotopic (exact) mass is 271 g/mol. The third kappa shape index (κ3) is 7.16. The van der Waals surface area contributed by atoms with Crippen molar-refractivity contribution in [1.82, 2.24) is 4.72 Å². The van der Waals surface area contributed by atoms with Crippen molar-refractivity contribution in [2.24, 2.45) is 0 Å². The van der Waals surface area contributed by atoms with Gasteiger partial charge in [0.1, 0.15) is 0 Å². The summed E-state index contributed by atoms with van der Waals surface area (Å²) in [5, 5.41) is 1.45. The molecule has 2 nitrogen and oxygen atoms in total. The van der Waals surface area contributed by atoms with Crippen molar-refractivity contribution < 1.29 is 4.79 Å². The Balaban J connectivity index is 4.47. The average Bonchev–Trinajstić information content (AvgIpc) is 2.01. The van der Waals surface area contributed by atoms with E-state index in [-0.39, 0.29) is 5.91 Å². The van der Waals surface area contributed by atoms with E-state index in [9.17, 15) is 4.79 Å². The van der Waals surface area contributed by atoms with Crippen molar-refractivity contribution in [3.05, 3.63) is 0 Å². The average molecular weight is 271 g/mol. The first kappa shape index (κ1) is 14.8. The molecule has 0 saturated carbocycles. The number of hydrogen-bond donors (Lipinski definition) is 1. The third-order valence-electron chi connectivity index (χ3n) is 1.31. The summed E-state index contributed by atoms with van der Waals surface area (Å²) < 4.78 is 2.72. The number of rotatable bonds is 3. The molecule has 0 saturated heterocycles. The van der Waals surface area contributed by atoms with Gasteiger partial charge in [0.2, 0.25) is 0 Å². The first-order valence-electron chi connectivity index (χ1n) is 4.47. The van der Waals surface area contributed by atoms with E-state index in [1.165, 1.54) is 23.8 Å². The Morgan fingerprint density at radius 1 is 1.29 bits per heavy atom. The van der Waals surface area contributed by atoms with Gasteiger partial charge in [-0.3, -0.25) is 0 Å². The van der Waals surface area contributed by atoms with Crippen molar-refractivity contribution in [2.45, 2.75) is 45.1 Å². The second-order valence-corrected chi connectivity index (χ2v) is 11.9. The molecule has 0 bridgehead atoms. The molecule has 0 aromatic rings. The molecule has 0 spiro atoms. The van der Waals surface area contributed by atoms with Crippen LogP contribution in [0.4, 0.5) is 0 Å². The fraction of sp³-hybridized carbons (Fsp3) is 0.875. The van der Waals surface area contributed by atoms with Crippen LogP contribution in [0, 0.1) is 0 Å². The molecular formula is C8H18NOPS3. The molecule has 0 aliphatic heterocycles. The van der Waals surface area contributed by atoms with Gasteiger partial charge in [-0.15, -0.1) is 0 Å². The van der Waals surface area contributed by atoms with E-state index in [4.69, 9.17) is 0 Å². The van der Waals surface area contributed by atoms with Gasteiger partial charge in [0.15, 0.2) is 0 Å². The minimum absolute atomic E-state index is 0.0201. The molecule has 0 heterocycles. The van der Waals surface area contributed by atoms with Gasteiger partial charge < -0.3 is 0 Å². The predicted octanol–water partition coefficient (Wildman–Crippen LogP) is 3.63. The zero-order valence-electron chi connectivity index (χ0n) is 9.23. The van der Waals surface area contributed by atoms with Crippen molar-refractivity contribution >= 4 is 42.7 Å². The standard InChI is InChI=1S/C8H18NOPS3/c1-6(2)14(7(3)4)11-13-12-9-8(5)10/h6-7H,1-5H3,(H,9,10). The van der Waals surface area contributed by atoms with E-state index in [0.717, 1.165) is 10.5 Å². The van der Waals surface area contributed by atoms with Crippen molar-refractivity contribution in [3.63, 3.8) is 0 Å². The molecule has 0 unspecified atom stereocenters. The van der Waals surface area contributed by atoms with Gasteiger partial charge in [-0.1, -0.05) is 0 Å². The Labute approximate surface area is 97.2 Å². The zero-order chi connectivity index (χ0) is 11.1. The minimum atomic E-state index is 0.0201. The summed E-state index contributed by atoms with van der Waals surface area (Å²) in [6.07, 6.45) is 0. The second kappa shape index (κ2) is 8.03. The van der Waals surface area contributed by atoms with Crippen LogP contribution in [0.1, 0.15) is 34.6 Å². The van der Waals surface area contributed by atoms with Crippen molar-refractivity contribution in [2.75, 3.05) is 0 Å². The first-order chi connectivity index (χ1) is 6.45. The Morgan fingerprint density at radius 3 is 2.14 bits per heavy atom. The van der Waals surface area contributed by atoms with E-state index in [1.807, 2.05) is 0 Å². The van der Waals surface area contributed by atoms with Crippen LogP contribution in [0.15, 0.2) is 0 Å². The molecule has 0 aromatic heterocycles. The molecular weight excluding hydrogens is 253 g/mol. The van der Waals surface area contributed by atoms with E-state index in [0.29, 0.717) is 10.1 Å². The molecule has 0 aliphatic carbocycles. The van der Waals surface area contributed by atoms with E-state index < -0.39 is 0 Å². The maximum absolute atomic E-state index is 10.6. The number of carbonyl (C=O) groups is 1. The van der Waals surface area contributed by atoms with Crippen LogP contribution in [0.25, 0.3) is 0 Å². The molecule has 14 heavy (non-hydrogen) atoms. The fourth-order valence-corrected chi connectivity index (χ4v) is 11.4. The third-order valence-corrected chi connectivity index (χ3v) is 12.0. The van der Waals surface area contributed by atoms with Crippen LogP contribution in [0.2, 0.25) is 0 Å². The summed E-state index contributed by atoms with van der Waals surface area (Å²) in [6.45, 7) is 10.6. The predicted molar refractivity (Wildman–Crippen MR) is 73.6 cm³/mol. The Kier molecular flexibility index (Phi) is 8.50. The maximum atomic E-state index is 10.6. The van der Waals surface area contributed by atoms with E-state index in [1.54, 1.807) is 9.77 Å². The summed E-state index contributed by atoms with van der Waals surface area (Å²) in [4.78, 5) is 10.6.